The average molecular weight is 359 g/mol. The van der Waals surface area contributed by atoms with Crippen LogP contribution in [-0.4, -0.2) is 21.5 Å². The maximum Gasteiger partial charge on any atom is 0.416 e. The number of carbonyl (C=O) groups excluding carboxylic acids is 1. The molecule has 4 nitrogen and oxygen atoms in total. The molecule has 2 heterocycles. The quantitative estimate of drug-likeness (QED) is 0.765. The summed E-state index contributed by atoms with van der Waals surface area (Å²) in [5, 5.41) is 2.92. The van der Waals surface area contributed by atoms with Crippen LogP contribution in [0, 0.1) is 0 Å². The predicted octanol–water partition coefficient (Wildman–Crippen LogP) is 4.00. The first-order chi connectivity index (χ1) is 12.4. The monoisotopic (exact) mass is 359 g/mol. The number of aromatic nitrogens is 2. The van der Waals surface area contributed by atoms with Gasteiger partial charge in [-0.2, -0.15) is 13.2 Å². The number of carbonyl (C=O) groups is 1. The standard InChI is InChI=1S/C19H16F3N3O/c20-19(21,22)14-3-1-2-12(8-14)13-9-17-16(23-10-13)6-7-25(17)11-18(26)24-15-4-5-15/h1-3,6-10,15H,4-5,11H2,(H,24,26). The number of pyridine rings is 1. The predicted molar refractivity (Wildman–Crippen MR) is 91.3 cm³/mol. The van der Waals surface area contributed by atoms with Crippen molar-refractivity contribution in [3.8, 4) is 11.1 Å². The van der Waals surface area contributed by atoms with Crippen molar-refractivity contribution in [3.05, 3.63) is 54.4 Å². The Balaban J connectivity index is 1.66. The van der Waals surface area contributed by atoms with E-state index in [4.69, 9.17) is 0 Å². The first-order valence-corrected chi connectivity index (χ1v) is 8.32. The van der Waals surface area contributed by atoms with Gasteiger partial charge in [-0.25, -0.2) is 0 Å². The van der Waals surface area contributed by atoms with Crippen LogP contribution in [0.2, 0.25) is 0 Å². The van der Waals surface area contributed by atoms with Crippen LogP contribution in [0.3, 0.4) is 0 Å². The van der Waals surface area contributed by atoms with E-state index < -0.39 is 11.7 Å². The number of amides is 1. The molecular formula is C19H16F3N3O. The Bertz CT molecular complexity index is 974. The minimum absolute atomic E-state index is 0.0746. The Morgan fingerprint density at radius 2 is 2.00 bits per heavy atom. The highest BCUT2D eigenvalue weighted by atomic mass is 19.4. The third-order valence-corrected chi connectivity index (χ3v) is 4.40. The van der Waals surface area contributed by atoms with E-state index in [9.17, 15) is 18.0 Å². The van der Waals surface area contributed by atoms with Crippen LogP contribution < -0.4 is 5.32 Å². The maximum absolute atomic E-state index is 12.9. The molecule has 0 spiro atoms. The number of benzene rings is 1. The lowest BCUT2D eigenvalue weighted by molar-refractivity contribution is -0.137. The summed E-state index contributed by atoms with van der Waals surface area (Å²) in [5.41, 5.74) is 1.72. The van der Waals surface area contributed by atoms with Gasteiger partial charge in [-0.1, -0.05) is 12.1 Å². The van der Waals surface area contributed by atoms with E-state index in [-0.39, 0.29) is 18.5 Å². The molecule has 1 N–H and O–H groups in total. The highest BCUT2D eigenvalue weighted by molar-refractivity contribution is 5.84. The molecule has 26 heavy (non-hydrogen) atoms. The zero-order chi connectivity index (χ0) is 18.3. The maximum atomic E-state index is 12.9. The van der Waals surface area contributed by atoms with Crippen molar-refractivity contribution >= 4 is 16.9 Å². The van der Waals surface area contributed by atoms with Crippen molar-refractivity contribution in [3.63, 3.8) is 0 Å². The van der Waals surface area contributed by atoms with Crippen LogP contribution in [0.5, 0.6) is 0 Å². The molecule has 0 radical (unpaired) electrons. The van der Waals surface area contributed by atoms with Crippen LogP contribution in [0.1, 0.15) is 18.4 Å². The Hall–Kier alpha value is -2.83. The van der Waals surface area contributed by atoms with Crippen LogP contribution >= 0.6 is 0 Å². The smallest absolute Gasteiger partial charge is 0.352 e. The number of alkyl halides is 3. The van der Waals surface area contributed by atoms with E-state index in [1.165, 1.54) is 6.07 Å². The highest BCUT2D eigenvalue weighted by Gasteiger charge is 2.30. The molecular weight excluding hydrogens is 343 g/mol. The van der Waals surface area contributed by atoms with Crippen LogP contribution in [-0.2, 0) is 17.5 Å². The molecule has 1 aliphatic rings. The van der Waals surface area contributed by atoms with Crippen LogP contribution in [0.25, 0.3) is 22.2 Å². The fraction of sp³-hybridized carbons (Fsp3) is 0.263. The Morgan fingerprint density at radius 1 is 1.19 bits per heavy atom. The molecule has 1 aliphatic carbocycles. The molecule has 0 saturated heterocycles. The molecule has 0 aliphatic heterocycles. The van der Waals surface area contributed by atoms with Gasteiger partial charge in [0, 0.05) is 24.0 Å². The summed E-state index contributed by atoms with van der Waals surface area (Å²) in [6.07, 6.45) is 0.944. The summed E-state index contributed by atoms with van der Waals surface area (Å²) in [6, 6.07) is 8.98. The molecule has 7 heteroatoms. The van der Waals surface area contributed by atoms with E-state index in [2.05, 4.69) is 10.3 Å². The lowest BCUT2D eigenvalue weighted by Crippen LogP contribution is -2.29. The second-order valence-electron chi connectivity index (χ2n) is 6.49. The first-order valence-electron chi connectivity index (χ1n) is 8.32. The number of hydrogen-bond donors (Lipinski definition) is 1. The van der Waals surface area contributed by atoms with E-state index in [0.717, 1.165) is 25.0 Å². The second-order valence-corrected chi connectivity index (χ2v) is 6.49. The second kappa shape index (κ2) is 6.16. The van der Waals surface area contributed by atoms with E-state index in [1.54, 1.807) is 35.2 Å². The largest absolute Gasteiger partial charge is 0.416 e. The zero-order valence-electron chi connectivity index (χ0n) is 13.8. The molecule has 1 aromatic carbocycles. The first kappa shape index (κ1) is 16.6. The van der Waals surface area contributed by atoms with Crippen molar-refractivity contribution in [2.45, 2.75) is 31.6 Å². The van der Waals surface area contributed by atoms with Gasteiger partial charge in [0.05, 0.1) is 16.6 Å². The van der Waals surface area contributed by atoms with Gasteiger partial charge < -0.3 is 9.88 Å². The minimum Gasteiger partial charge on any atom is -0.352 e. The minimum atomic E-state index is -4.39. The van der Waals surface area contributed by atoms with Gasteiger partial charge in [0.2, 0.25) is 5.91 Å². The van der Waals surface area contributed by atoms with Gasteiger partial charge in [-0.15, -0.1) is 0 Å². The van der Waals surface area contributed by atoms with Gasteiger partial charge in [-0.05, 0) is 42.7 Å². The summed E-state index contributed by atoms with van der Waals surface area (Å²) in [5.74, 6) is -0.0746. The summed E-state index contributed by atoms with van der Waals surface area (Å²) in [7, 11) is 0. The Morgan fingerprint density at radius 3 is 2.73 bits per heavy atom. The van der Waals surface area contributed by atoms with Gasteiger partial charge in [0.15, 0.2) is 0 Å². The van der Waals surface area contributed by atoms with E-state index >= 15 is 0 Å². The summed E-state index contributed by atoms with van der Waals surface area (Å²) in [4.78, 5) is 16.4. The van der Waals surface area contributed by atoms with Gasteiger partial charge in [-0.3, -0.25) is 9.78 Å². The van der Waals surface area contributed by atoms with Crippen molar-refractivity contribution < 1.29 is 18.0 Å². The van der Waals surface area contributed by atoms with Crippen molar-refractivity contribution in [1.29, 1.82) is 0 Å². The normalized spacial score (nSPS) is 14.6. The van der Waals surface area contributed by atoms with E-state index in [1.807, 2.05) is 0 Å². The third-order valence-electron chi connectivity index (χ3n) is 4.40. The van der Waals surface area contributed by atoms with Gasteiger partial charge in [0.1, 0.15) is 6.54 Å². The SMILES string of the molecule is O=C(Cn1ccc2ncc(-c3cccc(C(F)(F)F)c3)cc21)NC1CC1. The molecule has 3 aromatic rings. The Kier molecular flexibility index (Phi) is 3.94. The summed E-state index contributed by atoms with van der Waals surface area (Å²) < 4.78 is 40.6. The molecule has 0 atom stereocenters. The zero-order valence-corrected chi connectivity index (χ0v) is 13.8. The molecule has 0 bridgehead atoms. The van der Waals surface area contributed by atoms with Crippen molar-refractivity contribution in [1.82, 2.24) is 14.9 Å². The van der Waals surface area contributed by atoms with Crippen LogP contribution in [0.4, 0.5) is 13.2 Å². The lowest BCUT2D eigenvalue weighted by Gasteiger charge is -2.10. The number of hydrogen-bond acceptors (Lipinski definition) is 2. The molecule has 1 fully saturated rings. The number of fused-ring (bicyclic) bond motifs is 1. The number of rotatable bonds is 4. The fourth-order valence-electron chi connectivity index (χ4n) is 2.89. The summed E-state index contributed by atoms with van der Waals surface area (Å²) >= 11 is 0. The lowest BCUT2D eigenvalue weighted by atomic mass is 10.0. The fourth-order valence-corrected chi connectivity index (χ4v) is 2.89. The Labute approximate surface area is 147 Å². The average Bonchev–Trinajstić information content (AvgIpc) is 3.33. The molecule has 2 aromatic heterocycles. The van der Waals surface area contributed by atoms with Crippen LogP contribution in [0.15, 0.2) is 48.8 Å². The molecule has 4 rings (SSSR count). The van der Waals surface area contributed by atoms with E-state index in [0.29, 0.717) is 22.2 Å². The molecule has 1 amide bonds. The van der Waals surface area contributed by atoms with Crippen molar-refractivity contribution in [2.75, 3.05) is 0 Å². The molecule has 1 saturated carbocycles. The number of nitrogens with zero attached hydrogens (tertiary/aromatic N) is 2. The number of nitrogens with one attached hydrogen (secondary N) is 1. The third kappa shape index (κ3) is 3.42. The van der Waals surface area contributed by atoms with Gasteiger partial charge >= 0.3 is 6.18 Å². The topological polar surface area (TPSA) is 46.9 Å². The summed E-state index contributed by atoms with van der Waals surface area (Å²) in [6.45, 7) is 0.160. The van der Waals surface area contributed by atoms with Crippen molar-refractivity contribution in [2.24, 2.45) is 0 Å². The molecule has 134 valence electrons. The number of halogens is 3. The van der Waals surface area contributed by atoms with Gasteiger partial charge in [0.25, 0.3) is 0 Å². The highest BCUT2D eigenvalue weighted by Crippen LogP contribution is 2.32. The molecule has 0 unspecified atom stereocenters.